The number of carboxylic acids is 2. The molecule has 12 heavy (non-hydrogen) atoms. The third-order valence-corrected chi connectivity index (χ3v) is 2.70. The van der Waals surface area contributed by atoms with Gasteiger partial charge in [-0.15, -0.1) is 5.75 Å². The Morgan fingerprint density at radius 1 is 1.33 bits per heavy atom. The Balaban J connectivity index is 0. The van der Waals surface area contributed by atoms with Crippen molar-refractivity contribution in [1.29, 1.82) is 0 Å². The van der Waals surface area contributed by atoms with Crippen LogP contribution in [0.4, 0.5) is 0 Å². The maximum Gasteiger partial charge on any atom is 0.173 e. The summed E-state index contributed by atoms with van der Waals surface area (Å²) in [5, 5.41) is 15.3. The monoisotopic (exact) mass is 283 g/mol. The predicted octanol–water partition coefficient (Wildman–Crippen LogP) is 0.901. The van der Waals surface area contributed by atoms with Crippen LogP contribution in [0.5, 0.6) is 0 Å². The van der Waals surface area contributed by atoms with Gasteiger partial charge in [0.05, 0.1) is 0 Å². The molecule has 0 spiro atoms. The molecule has 7 heteroatoms. The summed E-state index contributed by atoms with van der Waals surface area (Å²) < 4.78 is 0. The first-order valence-electron chi connectivity index (χ1n) is 2.53. The number of hydrogen-bond donors (Lipinski definition) is 2. The molecule has 1 saturated heterocycles. The van der Waals surface area contributed by atoms with Gasteiger partial charge in [-0.25, -0.2) is 0 Å². The molecular weight excluding hydrogens is 277 g/mol. The Kier molecular flexibility index (Phi) is 12.2. The molecule has 0 aromatic heterocycles. The third-order valence-electron chi connectivity index (χ3n) is 0.519. The molecule has 1 fully saturated rings. The Morgan fingerprint density at radius 2 is 1.58 bits per heavy atom. The molecule has 1 rings (SSSR count). The molecule has 0 saturated carbocycles. The molecule has 0 bridgehead atoms. The second-order valence-corrected chi connectivity index (χ2v) is 3.75. The molecule has 1 radical (unpaired) electrons. The van der Waals surface area contributed by atoms with Gasteiger partial charge in [-0.05, 0) is 0 Å². The van der Waals surface area contributed by atoms with Crippen LogP contribution in [-0.2, 0) is 42.3 Å². The molecule has 0 unspecified atom stereocenters. The summed E-state index contributed by atoms with van der Waals surface area (Å²) in [6, 6.07) is 0. The van der Waals surface area contributed by atoms with Crippen molar-refractivity contribution in [2.45, 2.75) is 0 Å². The van der Waals surface area contributed by atoms with E-state index in [1.54, 1.807) is 0 Å². The average Bonchev–Trinajstić information content (AvgIpc) is 1.52. The smallest absolute Gasteiger partial charge is 0.173 e. The SMILES string of the molecule is O=C(O)[CH-]C(=O)O.[CH-]1CSS1.[Y]. The molecule has 4 nitrogen and oxygen atoms in total. The minimum absolute atomic E-state index is 0. The van der Waals surface area contributed by atoms with E-state index in [0.717, 1.165) is 0 Å². The summed E-state index contributed by atoms with van der Waals surface area (Å²) in [5.74, 6) is 0.565. The molecule has 1 aliphatic heterocycles. The molecule has 1 aliphatic rings. The minimum atomic E-state index is -1.44. The zero-order chi connectivity index (χ0) is 8.69. The van der Waals surface area contributed by atoms with E-state index < -0.39 is 11.9 Å². The predicted molar refractivity (Wildman–Crippen MR) is 43.9 cm³/mol. The van der Waals surface area contributed by atoms with Gasteiger partial charge in [-0.3, -0.25) is 26.1 Å². The Bertz CT molecular complexity index is 132. The number of aliphatic carboxylic acids is 2. The van der Waals surface area contributed by atoms with Gasteiger partial charge in [-0.2, -0.15) is 17.2 Å². The topological polar surface area (TPSA) is 74.6 Å². The molecule has 0 amide bonds. The van der Waals surface area contributed by atoms with Crippen molar-refractivity contribution in [3.8, 4) is 0 Å². The van der Waals surface area contributed by atoms with Gasteiger partial charge in [-0.1, -0.05) is 0 Å². The number of carbonyl (C=O) groups is 2. The van der Waals surface area contributed by atoms with Crippen molar-refractivity contribution >= 4 is 33.5 Å². The maximum atomic E-state index is 9.37. The van der Waals surface area contributed by atoms with E-state index >= 15 is 0 Å². The fourth-order valence-corrected chi connectivity index (χ4v) is 0.718. The minimum Gasteiger partial charge on any atom is -0.503 e. The summed E-state index contributed by atoms with van der Waals surface area (Å²) in [7, 11) is 3.73. The third kappa shape index (κ3) is 13.2. The zero-order valence-corrected chi connectivity index (χ0v) is 10.4. The summed E-state index contributed by atoms with van der Waals surface area (Å²) in [4.78, 5) is 18.7. The Morgan fingerprint density at radius 3 is 1.58 bits per heavy atom. The normalized spacial score (nSPS) is 12.3. The van der Waals surface area contributed by atoms with Crippen LogP contribution in [0.25, 0.3) is 0 Å². The van der Waals surface area contributed by atoms with Crippen LogP contribution in [0.1, 0.15) is 0 Å². The quantitative estimate of drug-likeness (QED) is 0.445. The fraction of sp³-hybridized carbons (Fsp3) is 0.200. The fourth-order valence-electron chi connectivity index (χ4n) is 0.174. The van der Waals surface area contributed by atoms with Crippen LogP contribution in [0.15, 0.2) is 0 Å². The summed E-state index contributed by atoms with van der Waals surface area (Å²) in [6.45, 7) is 0. The summed E-state index contributed by atoms with van der Waals surface area (Å²) >= 11 is 0. The van der Waals surface area contributed by atoms with Gasteiger partial charge < -0.3 is 10.2 Å². The van der Waals surface area contributed by atoms with Crippen LogP contribution < -0.4 is 0 Å². The molecule has 67 valence electrons. The van der Waals surface area contributed by atoms with Crippen LogP contribution in [-0.4, -0.2) is 27.9 Å². The molecule has 1 heterocycles. The van der Waals surface area contributed by atoms with Gasteiger partial charge in [0.25, 0.3) is 0 Å². The second-order valence-electron chi connectivity index (χ2n) is 1.37. The van der Waals surface area contributed by atoms with Crippen molar-refractivity contribution in [3.63, 3.8) is 0 Å². The van der Waals surface area contributed by atoms with Gasteiger partial charge in [0, 0.05) is 32.7 Å². The maximum absolute atomic E-state index is 9.37. The van der Waals surface area contributed by atoms with E-state index in [2.05, 4.69) is 5.75 Å². The standard InChI is InChI=1S/C3H3O4.C2H3S2.Y/c4-2(5)1-3(6)7;1-2-4-3-1;/h1H,(H,4,5)(H,6,7);1H,2H2;/q2*-1;. The molecule has 0 atom stereocenters. The summed E-state index contributed by atoms with van der Waals surface area (Å²) in [5.41, 5.74) is 0. The van der Waals surface area contributed by atoms with Crippen molar-refractivity contribution in [2.75, 3.05) is 5.75 Å². The van der Waals surface area contributed by atoms with E-state index in [1.165, 1.54) is 5.75 Å². The van der Waals surface area contributed by atoms with E-state index in [1.807, 2.05) is 21.6 Å². The van der Waals surface area contributed by atoms with Crippen LogP contribution in [0.2, 0.25) is 0 Å². The average molecular weight is 283 g/mol. The van der Waals surface area contributed by atoms with Crippen molar-refractivity contribution in [1.82, 2.24) is 0 Å². The Labute approximate surface area is 103 Å². The molecule has 2 N–H and O–H groups in total. The van der Waals surface area contributed by atoms with E-state index in [9.17, 15) is 9.59 Å². The molecule has 0 aromatic carbocycles. The number of carboxylic acid groups (broad SMARTS) is 2. The van der Waals surface area contributed by atoms with Crippen molar-refractivity contribution in [3.05, 3.63) is 12.2 Å². The summed E-state index contributed by atoms with van der Waals surface area (Å²) in [6.07, 6.45) is 0.167. The zero-order valence-electron chi connectivity index (χ0n) is 5.97. The first-order valence-corrected chi connectivity index (χ1v) is 4.91. The first-order chi connectivity index (χ1) is 5.13. The number of rotatable bonds is 2. The van der Waals surface area contributed by atoms with Crippen molar-refractivity contribution in [2.24, 2.45) is 0 Å². The molecule has 0 aliphatic carbocycles. The van der Waals surface area contributed by atoms with Gasteiger partial charge in [0.15, 0.2) is 11.9 Å². The van der Waals surface area contributed by atoms with Gasteiger partial charge >= 0.3 is 0 Å². The van der Waals surface area contributed by atoms with E-state index in [4.69, 9.17) is 10.2 Å². The second kappa shape index (κ2) is 9.70. The first kappa shape index (κ1) is 15.1. The molecule has 0 aromatic rings. The Hall–Kier alpha value is 0.614. The van der Waals surface area contributed by atoms with E-state index in [0.29, 0.717) is 0 Å². The van der Waals surface area contributed by atoms with E-state index in [-0.39, 0.29) is 39.1 Å². The molecular formula is C5H6O4S2Y-2. The van der Waals surface area contributed by atoms with Crippen molar-refractivity contribution < 1.29 is 52.5 Å². The van der Waals surface area contributed by atoms with Gasteiger partial charge in [0.2, 0.25) is 0 Å². The van der Waals surface area contributed by atoms with Crippen LogP contribution in [0, 0.1) is 12.2 Å². The largest absolute Gasteiger partial charge is 0.503 e. The van der Waals surface area contributed by atoms with Crippen LogP contribution in [0.3, 0.4) is 0 Å². The van der Waals surface area contributed by atoms with Crippen LogP contribution >= 0.6 is 21.6 Å². The van der Waals surface area contributed by atoms with Gasteiger partial charge in [0.1, 0.15) is 0 Å². The number of hydrogen-bond acceptors (Lipinski definition) is 4.